The molecule has 0 N–H and O–H groups in total. The molecule has 12 valence electrons. The van der Waals surface area contributed by atoms with Gasteiger partial charge in [-0.25, -0.2) is 0 Å². The average molecular weight is 575 g/mol. The Kier molecular flexibility index (Phi) is 177. The summed E-state index contributed by atoms with van der Waals surface area (Å²) in [5.41, 5.74) is 0. The summed E-state index contributed by atoms with van der Waals surface area (Å²) in [4.78, 5) is 0. The van der Waals surface area contributed by atoms with Gasteiger partial charge in [0, 0.05) is 276 Å². The fourth-order valence-corrected chi connectivity index (χ4v) is 0. The minimum Gasteiger partial charge on any atom is 0 e. The minimum atomic E-state index is 0. The quantitative estimate of drug-likeness (QED) is 0.286. The Morgan fingerprint density at radius 3 is 0.333 bits per heavy atom. The minimum absolute atomic E-state index is 0. The molecule has 0 bridgehead atoms. The van der Waals surface area contributed by atoms with Gasteiger partial charge in [0.05, 0.1) is 0 Å². The SMILES string of the molecule is [Ba].[Sr].[Sr].[Sr].[Sr].[Sr]. The molecule has 0 heterocycles. The molecule has 0 aliphatic heterocycles. The zero-order chi connectivity index (χ0) is 0. The molecule has 0 aliphatic carbocycles. The third-order valence-corrected chi connectivity index (χ3v) is 0. The molecule has 0 rings (SSSR count). The van der Waals surface area contributed by atoms with Crippen molar-refractivity contribution in [1.82, 2.24) is 0 Å². The molecule has 6 heavy (non-hydrogen) atoms. The van der Waals surface area contributed by atoms with Crippen molar-refractivity contribution >= 4 is 276 Å². The van der Waals surface area contributed by atoms with Gasteiger partial charge in [-0.05, 0) is 0 Å². The molecule has 0 saturated carbocycles. The van der Waals surface area contributed by atoms with Crippen LogP contribution >= 0.6 is 0 Å². The summed E-state index contributed by atoms with van der Waals surface area (Å²) in [5, 5.41) is 0. The Morgan fingerprint density at radius 2 is 0.333 bits per heavy atom. The molecule has 0 atom stereocenters. The largest absolute Gasteiger partial charge is 0 e. The molecule has 0 amide bonds. The Balaban J connectivity index is 0. The topological polar surface area (TPSA) is 0 Å². The van der Waals surface area contributed by atoms with E-state index in [0.717, 1.165) is 0 Å². The molecular formula is BaSr5. The van der Waals surface area contributed by atoms with Crippen LogP contribution in [0, 0.1) is 0 Å². The maximum atomic E-state index is 0. The van der Waals surface area contributed by atoms with Crippen LogP contribution in [0.15, 0.2) is 0 Å². The standard InChI is InChI=1S/Ba.5Sr. The maximum absolute atomic E-state index is 0. The Morgan fingerprint density at radius 1 is 0.333 bits per heavy atom. The van der Waals surface area contributed by atoms with Gasteiger partial charge in [0.25, 0.3) is 0 Å². The number of hydrogen-bond acceptors (Lipinski definition) is 0. The Bertz CT molecular complexity index is 3.90. The van der Waals surface area contributed by atoms with Gasteiger partial charge in [-0.1, -0.05) is 0 Å². The second-order valence-electron chi connectivity index (χ2n) is 0. The van der Waals surface area contributed by atoms with Crippen LogP contribution < -0.4 is 0 Å². The van der Waals surface area contributed by atoms with E-state index in [0.29, 0.717) is 0 Å². The van der Waals surface area contributed by atoms with E-state index in [2.05, 4.69) is 0 Å². The van der Waals surface area contributed by atoms with Gasteiger partial charge in [-0.3, -0.25) is 0 Å². The monoisotopic (exact) mass is 577 g/mol. The summed E-state index contributed by atoms with van der Waals surface area (Å²) in [5.74, 6) is 0. The second kappa shape index (κ2) is 29.2. The van der Waals surface area contributed by atoms with E-state index in [1.807, 2.05) is 0 Å². The van der Waals surface area contributed by atoms with Crippen LogP contribution in [0.3, 0.4) is 0 Å². The molecule has 0 aromatic rings. The normalized spacial score (nSPS) is 0. The molecule has 0 aromatic carbocycles. The molecule has 0 aromatic heterocycles. The van der Waals surface area contributed by atoms with Crippen LogP contribution in [0.1, 0.15) is 0 Å². The number of hydrogen-bond donors (Lipinski definition) is 0. The van der Waals surface area contributed by atoms with Crippen LogP contribution in [-0.4, -0.2) is 276 Å². The van der Waals surface area contributed by atoms with Gasteiger partial charge in [-0.2, -0.15) is 0 Å². The smallest absolute Gasteiger partial charge is 0 e. The molecule has 6 heteroatoms. The Hall–Kier alpha value is 8.97. The van der Waals surface area contributed by atoms with Crippen molar-refractivity contribution in [2.24, 2.45) is 0 Å². The molecule has 0 saturated heterocycles. The molecule has 0 aliphatic rings. The molecule has 0 nitrogen and oxygen atoms in total. The van der Waals surface area contributed by atoms with Crippen molar-refractivity contribution < 1.29 is 0 Å². The van der Waals surface area contributed by atoms with E-state index >= 15 is 0 Å². The van der Waals surface area contributed by atoms with Crippen molar-refractivity contribution in [2.45, 2.75) is 0 Å². The Labute approximate surface area is 265 Å². The van der Waals surface area contributed by atoms with Crippen molar-refractivity contribution in [3.8, 4) is 0 Å². The van der Waals surface area contributed by atoms with Crippen molar-refractivity contribution in [3.63, 3.8) is 0 Å². The first-order valence-corrected chi connectivity index (χ1v) is 0. The van der Waals surface area contributed by atoms with E-state index < -0.39 is 0 Å². The van der Waals surface area contributed by atoms with Crippen molar-refractivity contribution in [1.29, 1.82) is 0 Å². The predicted octanol–water partition coefficient (Wildman–Crippen LogP) is -2.28. The predicted molar refractivity (Wildman–Crippen MR) is 34.5 cm³/mol. The van der Waals surface area contributed by atoms with Gasteiger partial charge in [0.2, 0.25) is 0 Å². The van der Waals surface area contributed by atoms with Crippen LogP contribution in [-0.2, 0) is 0 Å². The third-order valence-electron chi connectivity index (χ3n) is 0. The van der Waals surface area contributed by atoms with E-state index in [9.17, 15) is 0 Å². The zero-order valence-corrected chi connectivity index (χ0v) is 26.1. The summed E-state index contributed by atoms with van der Waals surface area (Å²) < 4.78 is 0. The molecule has 0 spiro atoms. The van der Waals surface area contributed by atoms with Crippen LogP contribution in [0.5, 0.6) is 0 Å². The van der Waals surface area contributed by atoms with Gasteiger partial charge in [-0.15, -0.1) is 0 Å². The van der Waals surface area contributed by atoms with E-state index in [4.69, 9.17) is 0 Å². The summed E-state index contributed by atoms with van der Waals surface area (Å²) >= 11 is 0. The van der Waals surface area contributed by atoms with E-state index in [1.165, 1.54) is 0 Å². The molecular weight excluding hydrogens is 575 g/mol. The summed E-state index contributed by atoms with van der Waals surface area (Å²) in [7, 11) is 0. The van der Waals surface area contributed by atoms with E-state index in [-0.39, 0.29) is 276 Å². The van der Waals surface area contributed by atoms with Crippen LogP contribution in [0.4, 0.5) is 0 Å². The van der Waals surface area contributed by atoms with Crippen LogP contribution in [0.2, 0.25) is 0 Å². The van der Waals surface area contributed by atoms with Crippen molar-refractivity contribution in [3.05, 3.63) is 0 Å². The maximum Gasteiger partial charge on any atom is 0 e. The first kappa shape index (κ1) is 36.3. The van der Waals surface area contributed by atoms with Gasteiger partial charge < -0.3 is 0 Å². The first-order chi connectivity index (χ1) is 0. The second-order valence-corrected chi connectivity index (χ2v) is 0. The van der Waals surface area contributed by atoms with Crippen LogP contribution in [0.25, 0.3) is 0 Å². The van der Waals surface area contributed by atoms with E-state index in [1.54, 1.807) is 0 Å². The molecule has 12 radical (unpaired) electrons. The molecule has 0 fully saturated rings. The van der Waals surface area contributed by atoms with Gasteiger partial charge in [0.1, 0.15) is 0 Å². The number of rotatable bonds is 0. The van der Waals surface area contributed by atoms with Crippen molar-refractivity contribution in [2.75, 3.05) is 0 Å². The van der Waals surface area contributed by atoms with Gasteiger partial charge >= 0.3 is 0 Å². The zero-order valence-electron chi connectivity index (χ0n) is 4.24. The fraction of sp³-hybridized carbons (Fsp3) is 0. The molecule has 0 unspecified atom stereocenters. The third kappa shape index (κ3) is 23.1. The first-order valence-electron chi connectivity index (χ1n) is 0. The fourth-order valence-electron chi connectivity index (χ4n) is 0. The summed E-state index contributed by atoms with van der Waals surface area (Å²) in [6.45, 7) is 0. The summed E-state index contributed by atoms with van der Waals surface area (Å²) in [6.07, 6.45) is 0. The van der Waals surface area contributed by atoms with Gasteiger partial charge in [0.15, 0.2) is 0 Å². The summed E-state index contributed by atoms with van der Waals surface area (Å²) in [6, 6.07) is 0. The average Bonchev–Trinajstić information content (AvgIpc) is 0.